The van der Waals surface area contributed by atoms with E-state index in [1.165, 1.54) is 29.3 Å². The van der Waals surface area contributed by atoms with Crippen molar-refractivity contribution in [2.75, 3.05) is 12.9 Å². The van der Waals surface area contributed by atoms with Crippen LogP contribution in [0.15, 0.2) is 47.8 Å². The molecule has 3 aromatic rings. The third-order valence-corrected chi connectivity index (χ3v) is 5.55. The number of hydrogen-bond donors (Lipinski definition) is 0. The van der Waals surface area contributed by atoms with Gasteiger partial charge in [-0.3, -0.25) is 9.20 Å². The molecule has 6 heteroatoms. The number of rotatable bonds is 5. The number of pyridine rings is 1. The molecule has 0 amide bonds. The highest BCUT2D eigenvalue weighted by molar-refractivity contribution is 7.98. The van der Waals surface area contributed by atoms with Crippen molar-refractivity contribution in [1.29, 1.82) is 0 Å². The van der Waals surface area contributed by atoms with Gasteiger partial charge in [0.05, 0.1) is 5.52 Å². The molecule has 0 fully saturated rings. The minimum absolute atomic E-state index is 0.190. The van der Waals surface area contributed by atoms with Crippen LogP contribution in [0.1, 0.15) is 44.8 Å². The summed E-state index contributed by atoms with van der Waals surface area (Å²) < 4.78 is 7.12. The van der Waals surface area contributed by atoms with E-state index in [0.29, 0.717) is 16.2 Å². The number of ketones is 1. The van der Waals surface area contributed by atoms with Crippen LogP contribution in [0, 0.1) is 0 Å². The summed E-state index contributed by atoms with van der Waals surface area (Å²) in [6.45, 7) is -0.280. The van der Waals surface area contributed by atoms with Crippen molar-refractivity contribution in [2.45, 2.75) is 30.8 Å². The maximum Gasteiger partial charge on any atom is 0.359 e. The van der Waals surface area contributed by atoms with Crippen LogP contribution >= 0.6 is 11.8 Å². The predicted octanol–water partition coefficient (Wildman–Crippen LogP) is 3.97. The zero-order chi connectivity index (χ0) is 18.8. The fourth-order valence-electron chi connectivity index (χ4n) is 3.49. The van der Waals surface area contributed by atoms with Gasteiger partial charge in [0.25, 0.3) is 0 Å². The van der Waals surface area contributed by atoms with E-state index in [-0.39, 0.29) is 18.1 Å². The molecular formula is C21H20N2O3S. The SMILES string of the molecule is CSc1nc(C(=O)OCC(=O)c2ccc3c(c2)CCCC3)c2ccccn12. The summed E-state index contributed by atoms with van der Waals surface area (Å²) in [5, 5.41) is 0.707. The molecule has 0 saturated carbocycles. The molecule has 0 unspecified atom stereocenters. The minimum Gasteiger partial charge on any atom is -0.453 e. The van der Waals surface area contributed by atoms with E-state index in [0.717, 1.165) is 19.3 Å². The lowest BCUT2D eigenvalue weighted by Crippen LogP contribution is -2.15. The van der Waals surface area contributed by atoms with E-state index in [9.17, 15) is 9.59 Å². The minimum atomic E-state index is -0.578. The average molecular weight is 380 g/mol. The molecular weight excluding hydrogens is 360 g/mol. The Balaban J connectivity index is 1.49. The van der Waals surface area contributed by atoms with Crippen LogP contribution in [0.2, 0.25) is 0 Å². The monoisotopic (exact) mass is 380 g/mol. The summed E-state index contributed by atoms with van der Waals surface area (Å²) in [5.41, 5.74) is 4.07. The van der Waals surface area contributed by atoms with Crippen LogP contribution in [0.5, 0.6) is 0 Å². The van der Waals surface area contributed by atoms with Gasteiger partial charge in [-0.1, -0.05) is 30.0 Å². The molecule has 0 bridgehead atoms. The second-order valence-corrected chi connectivity index (χ2v) is 7.37. The number of carbonyl (C=O) groups excluding carboxylic acids is 2. The van der Waals surface area contributed by atoms with Crippen molar-refractivity contribution in [2.24, 2.45) is 0 Å². The van der Waals surface area contributed by atoms with Crippen molar-refractivity contribution >= 4 is 29.0 Å². The first-order valence-corrected chi connectivity index (χ1v) is 10.2. The molecule has 27 heavy (non-hydrogen) atoms. The molecule has 138 valence electrons. The number of imidazole rings is 1. The van der Waals surface area contributed by atoms with Crippen LogP contribution in [-0.4, -0.2) is 34.0 Å². The lowest BCUT2D eigenvalue weighted by Gasteiger charge is -2.16. The van der Waals surface area contributed by atoms with E-state index < -0.39 is 5.97 Å². The Bertz CT molecular complexity index is 1030. The highest BCUT2D eigenvalue weighted by Crippen LogP contribution is 2.23. The van der Waals surface area contributed by atoms with Crippen molar-refractivity contribution in [3.8, 4) is 0 Å². The molecule has 1 aromatic carbocycles. The van der Waals surface area contributed by atoms with Crippen LogP contribution in [0.3, 0.4) is 0 Å². The molecule has 0 spiro atoms. The van der Waals surface area contributed by atoms with E-state index in [4.69, 9.17) is 4.74 Å². The Morgan fingerprint density at radius 1 is 1.15 bits per heavy atom. The number of aromatic nitrogens is 2. The maximum absolute atomic E-state index is 12.5. The van der Waals surface area contributed by atoms with Gasteiger partial charge in [-0.15, -0.1) is 0 Å². The second-order valence-electron chi connectivity index (χ2n) is 6.59. The molecule has 0 N–H and O–H groups in total. The summed E-state index contributed by atoms with van der Waals surface area (Å²) in [7, 11) is 0. The van der Waals surface area contributed by atoms with Crippen LogP contribution in [0.25, 0.3) is 5.52 Å². The first-order chi connectivity index (χ1) is 13.2. The number of fused-ring (bicyclic) bond motifs is 2. The zero-order valence-electron chi connectivity index (χ0n) is 15.1. The molecule has 0 radical (unpaired) electrons. The molecule has 0 saturated heterocycles. The van der Waals surface area contributed by atoms with Crippen molar-refractivity contribution in [3.05, 3.63) is 65.0 Å². The normalized spacial score (nSPS) is 13.4. The summed E-state index contributed by atoms with van der Waals surface area (Å²) in [6, 6.07) is 11.3. The van der Waals surface area contributed by atoms with E-state index >= 15 is 0 Å². The standard InChI is InChI=1S/C21H20N2O3S/c1-27-21-22-19(17-8-4-5-11-23(17)21)20(25)26-13-18(24)16-10-9-14-6-2-3-7-15(14)12-16/h4-5,8-12H,2-3,6-7,13H2,1H3. The zero-order valence-corrected chi connectivity index (χ0v) is 15.9. The van der Waals surface area contributed by atoms with Crippen LogP contribution < -0.4 is 0 Å². The largest absolute Gasteiger partial charge is 0.453 e. The van der Waals surface area contributed by atoms with Crippen molar-refractivity contribution in [3.63, 3.8) is 0 Å². The highest BCUT2D eigenvalue weighted by Gasteiger charge is 2.20. The smallest absolute Gasteiger partial charge is 0.359 e. The summed E-state index contributed by atoms with van der Waals surface area (Å²) in [6.07, 6.45) is 8.19. The number of thioether (sulfide) groups is 1. The fourth-order valence-corrected chi connectivity index (χ4v) is 4.03. The Morgan fingerprint density at radius 2 is 1.96 bits per heavy atom. The Kier molecular flexibility index (Phi) is 4.99. The highest BCUT2D eigenvalue weighted by atomic mass is 32.2. The summed E-state index contributed by atoms with van der Waals surface area (Å²) in [4.78, 5) is 29.3. The average Bonchev–Trinajstić information content (AvgIpc) is 3.10. The fraction of sp³-hybridized carbons (Fsp3) is 0.286. The number of hydrogen-bond acceptors (Lipinski definition) is 5. The molecule has 0 aliphatic heterocycles. The predicted molar refractivity (Wildman–Crippen MR) is 105 cm³/mol. The molecule has 1 aliphatic carbocycles. The van der Waals surface area contributed by atoms with Gasteiger partial charge in [0, 0.05) is 11.8 Å². The van der Waals surface area contributed by atoms with Crippen molar-refractivity contribution < 1.29 is 14.3 Å². The Labute approximate surface area is 161 Å². The molecule has 5 nitrogen and oxygen atoms in total. The second kappa shape index (κ2) is 7.56. The number of ether oxygens (including phenoxy) is 1. The molecule has 2 aromatic heterocycles. The van der Waals surface area contributed by atoms with E-state index in [1.54, 1.807) is 0 Å². The van der Waals surface area contributed by atoms with Gasteiger partial charge in [0.1, 0.15) is 0 Å². The van der Waals surface area contributed by atoms with Crippen LogP contribution in [0.4, 0.5) is 0 Å². The van der Waals surface area contributed by atoms with Gasteiger partial charge >= 0.3 is 5.97 Å². The van der Waals surface area contributed by atoms with Gasteiger partial charge in [0.15, 0.2) is 23.2 Å². The number of nitrogens with zero attached hydrogens (tertiary/aromatic N) is 2. The Morgan fingerprint density at radius 3 is 2.78 bits per heavy atom. The number of esters is 1. The topological polar surface area (TPSA) is 60.7 Å². The lowest BCUT2D eigenvalue weighted by atomic mass is 9.90. The van der Waals surface area contributed by atoms with Gasteiger partial charge in [-0.2, -0.15) is 0 Å². The van der Waals surface area contributed by atoms with Gasteiger partial charge in [-0.05, 0) is 61.3 Å². The Hall–Kier alpha value is -2.60. The molecule has 1 aliphatic rings. The van der Waals surface area contributed by atoms with Gasteiger partial charge in [-0.25, -0.2) is 9.78 Å². The van der Waals surface area contributed by atoms with Gasteiger partial charge < -0.3 is 4.74 Å². The number of aryl methyl sites for hydroxylation is 2. The first kappa shape index (κ1) is 17.8. The first-order valence-electron chi connectivity index (χ1n) is 9.00. The van der Waals surface area contributed by atoms with Crippen LogP contribution in [-0.2, 0) is 17.6 Å². The number of Topliss-reactive ketones (excluding diaryl/α,β-unsaturated/α-hetero) is 1. The lowest BCUT2D eigenvalue weighted by molar-refractivity contribution is 0.0471. The summed E-state index contributed by atoms with van der Waals surface area (Å²) >= 11 is 1.45. The molecule has 0 atom stereocenters. The summed E-state index contributed by atoms with van der Waals surface area (Å²) in [5.74, 6) is -0.768. The quantitative estimate of drug-likeness (QED) is 0.381. The van der Waals surface area contributed by atoms with Crippen molar-refractivity contribution in [1.82, 2.24) is 9.38 Å². The van der Waals surface area contributed by atoms with E-state index in [1.807, 2.05) is 53.3 Å². The van der Waals surface area contributed by atoms with E-state index in [2.05, 4.69) is 4.98 Å². The molecule has 4 rings (SSSR count). The number of carbonyl (C=O) groups is 2. The third-order valence-electron chi connectivity index (χ3n) is 4.90. The van der Waals surface area contributed by atoms with Gasteiger partial charge in [0.2, 0.25) is 0 Å². The number of benzene rings is 1. The third kappa shape index (κ3) is 3.49. The maximum atomic E-state index is 12.5. The molecule has 2 heterocycles.